The number of nitrogens with zero attached hydrogens (tertiary/aromatic N) is 2. The third-order valence-electron chi connectivity index (χ3n) is 4.47. The predicted molar refractivity (Wildman–Crippen MR) is 120 cm³/mol. The fraction of sp³-hybridized carbons (Fsp3) is 0.304. The van der Waals surface area contributed by atoms with Gasteiger partial charge < -0.3 is 24.5 Å². The van der Waals surface area contributed by atoms with E-state index in [1.54, 1.807) is 20.4 Å². The van der Waals surface area contributed by atoms with Crippen molar-refractivity contribution in [2.24, 2.45) is 4.99 Å². The molecule has 0 spiro atoms. The molecule has 0 atom stereocenters. The van der Waals surface area contributed by atoms with Crippen LogP contribution in [0.3, 0.4) is 0 Å². The van der Waals surface area contributed by atoms with Crippen LogP contribution in [0.2, 0.25) is 0 Å². The van der Waals surface area contributed by atoms with Gasteiger partial charge in [-0.2, -0.15) is 0 Å². The Labute approximate surface area is 177 Å². The smallest absolute Gasteiger partial charge is 0.226 e. The molecule has 0 aliphatic carbocycles. The van der Waals surface area contributed by atoms with Crippen molar-refractivity contribution in [1.29, 1.82) is 0 Å². The van der Waals surface area contributed by atoms with Crippen LogP contribution in [0.25, 0.3) is 11.5 Å². The van der Waals surface area contributed by atoms with E-state index in [9.17, 15) is 0 Å². The maximum Gasteiger partial charge on any atom is 0.226 e. The number of methoxy groups -OCH3 is 1. The second-order valence-electron chi connectivity index (χ2n) is 6.68. The molecule has 3 rings (SSSR count). The van der Waals surface area contributed by atoms with Gasteiger partial charge in [0.15, 0.2) is 17.5 Å². The summed E-state index contributed by atoms with van der Waals surface area (Å²) in [5, 5.41) is 6.55. The minimum absolute atomic E-state index is 0.565. The van der Waals surface area contributed by atoms with E-state index in [-0.39, 0.29) is 0 Å². The number of rotatable bonds is 8. The molecule has 3 aromatic rings. The molecule has 0 aliphatic rings. The second kappa shape index (κ2) is 10.3. The summed E-state index contributed by atoms with van der Waals surface area (Å²) in [5.74, 6) is 2.67. The van der Waals surface area contributed by atoms with E-state index in [2.05, 4.69) is 27.5 Å². The fourth-order valence-electron chi connectivity index (χ4n) is 2.90. The summed E-state index contributed by atoms with van der Waals surface area (Å²) in [6.07, 6.45) is 2.41. The second-order valence-corrected chi connectivity index (χ2v) is 6.68. The first kappa shape index (κ1) is 21.2. The molecule has 0 bridgehead atoms. The molecule has 7 nitrogen and oxygen atoms in total. The molecule has 0 aliphatic heterocycles. The molecule has 7 heteroatoms. The monoisotopic (exact) mass is 408 g/mol. The van der Waals surface area contributed by atoms with Gasteiger partial charge >= 0.3 is 0 Å². The lowest BCUT2D eigenvalue weighted by Crippen LogP contribution is -2.32. The zero-order valence-corrected chi connectivity index (χ0v) is 17.9. The van der Waals surface area contributed by atoms with Crippen molar-refractivity contribution in [3.63, 3.8) is 0 Å². The maximum absolute atomic E-state index is 5.62. The summed E-state index contributed by atoms with van der Waals surface area (Å²) in [5.41, 5.74) is 3.92. The lowest BCUT2D eigenvalue weighted by atomic mass is 10.1. The molecule has 2 N–H and O–H groups in total. The number of hydrogen-bond donors (Lipinski definition) is 2. The molecule has 0 amide bonds. The number of oxazole rings is 1. The van der Waals surface area contributed by atoms with E-state index in [0.717, 1.165) is 16.9 Å². The Morgan fingerprint density at radius 1 is 1.13 bits per heavy atom. The number of hydrogen-bond acceptors (Lipinski definition) is 5. The van der Waals surface area contributed by atoms with Crippen LogP contribution >= 0.6 is 0 Å². The molecular weight excluding hydrogens is 380 g/mol. The van der Waals surface area contributed by atoms with Crippen LogP contribution in [-0.2, 0) is 6.42 Å². The van der Waals surface area contributed by atoms with Crippen LogP contribution in [0, 0.1) is 6.92 Å². The minimum atomic E-state index is 0.565. The predicted octanol–water partition coefficient (Wildman–Crippen LogP) is 4.29. The lowest BCUT2D eigenvalue weighted by molar-refractivity contribution is 0.311. The zero-order valence-electron chi connectivity index (χ0n) is 17.9. The first-order valence-electron chi connectivity index (χ1n) is 9.93. The number of aryl methyl sites for hydroxylation is 1. The van der Waals surface area contributed by atoms with Crippen LogP contribution in [0.15, 0.2) is 58.1 Å². The van der Waals surface area contributed by atoms with Crippen molar-refractivity contribution in [1.82, 2.24) is 10.3 Å². The Hall–Kier alpha value is -3.48. The number of nitrogens with one attached hydrogen (secondary N) is 2. The molecule has 0 unspecified atom stereocenters. The number of guanidine groups is 1. The van der Waals surface area contributed by atoms with E-state index >= 15 is 0 Å². The van der Waals surface area contributed by atoms with E-state index in [0.29, 0.717) is 42.9 Å². The molecule has 0 radical (unpaired) electrons. The average Bonchev–Trinajstić information content (AvgIpc) is 3.23. The minimum Gasteiger partial charge on any atom is -0.493 e. The quantitative estimate of drug-likeness (QED) is 0.428. The first-order valence-corrected chi connectivity index (χ1v) is 9.93. The highest BCUT2D eigenvalue weighted by Crippen LogP contribution is 2.30. The summed E-state index contributed by atoms with van der Waals surface area (Å²) in [6.45, 7) is 5.22. The summed E-state index contributed by atoms with van der Waals surface area (Å²) in [6, 6.07) is 13.8. The van der Waals surface area contributed by atoms with Crippen molar-refractivity contribution in [3.05, 3.63) is 60.0 Å². The number of aromatic nitrogens is 1. The zero-order chi connectivity index (χ0) is 21.3. The molecule has 1 heterocycles. The number of aliphatic imine (C=N–C) groups is 1. The van der Waals surface area contributed by atoms with E-state index in [1.807, 2.05) is 49.4 Å². The topological polar surface area (TPSA) is 80.9 Å². The van der Waals surface area contributed by atoms with Crippen LogP contribution in [0.5, 0.6) is 11.5 Å². The number of ether oxygens (including phenoxy) is 2. The summed E-state index contributed by atoms with van der Waals surface area (Å²) < 4.78 is 16.6. The van der Waals surface area contributed by atoms with Crippen molar-refractivity contribution in [3.8, 4) is 23.0 Å². The third kappa shape index (κ3) is 5.53. The molecular formula is C23H28N4O3. The van der Waals surface area contributed by atoms with Gasteiger partial charge in [0, 0.05) is 37.3 Å². The standard InChI is InChI=1S/C23H28N4O3/c1-5-29-21-14-18(10-11-20(21)28-4)27-23(24-3)25-13-12-19-15-30-22(26-19)17-8-6-16(2)7-9-17/h6-11,14-15H,5,12-13H2,1-4H3,(H2,24,25,27). The van der Waals surface area contributed by atoms with Gasteiger partial charge in [0.2, 0.25) is 5.89 Å². The molecule has 1 aromatic heterocycles. The van der Waals surface area contributed by atoms with Gasteiger partial charge in [0.1, 0.15) is 6.26 Å². The normalized spacial score (nSPS) is 11.3. The maximum atomic E-state index is 5.62. The van der Waals surface area contributed by atoms with Crippen molar-refractivity contribution in [2.45, 2.75) is 20.3 Å². The van der Waals surface area contributed by atoms with Gasteiger partial charge in [-0.25, -0.2) is 4.98 Å². The lowest BCUT2D eigenvalue weighted by Gasteiger charge is -2.14. The van der Waals surface area contributed by atoms with Crippen molar-refractivity contribution < 1.29 is 13.9 Å². The van der Waals surface area contributed by atoms with Gasteiger partial charge in [-0.05, 0) is 38.1 Å². The van der Waals surface area contributed by atoms with E-state index in [1.165, 1.54) is 5.56 Å². The summed E-state index contributed by atoms with van der Waals surface area (Å²) in [4.78, 5) is 8.84. The Kier molecular flexibility index (Phi) is 7.32. The summed E-state index contributed by atoms with van der Waals surface area (Å²) >= 11 is 0. The molecule has 0 fully saturated rings. The molecule has 158 valence electrons. The van der Waals surface area contributed by atoms with Gasteiger partial charge in [0.25, 0.3) is 0 Å². The van der Waals surface area contributed by atoms with E-state index < -0.39 is 0 Å². The van der Waals surface area contributed by atoms with Crippen molar-refractivity contribution in [2.75, 3.05) is 32.6 Å². The molecule has 2 aromatic carbocycles. The Balaban J connectivity index is 1.55. The van der Waals surface area contributed by atoms with Gasteiger partial charge in [-0.3, -0.25) is 4.99 Å². The van der Waals surface area contributed by atoms with Crippen molar-refractivity contribution >= 4 is 11.6 Å². The highest BCUT2D eigenvalue weighted by Gasteiger charge is 2.09. The largest absolute Gasteiger partial charge is 0.493 e. The van der Waals surface area contributed by atoms with E-state index in [4.69, 9.17) is 13.9 Å². The Bertz CT molecular complexity index is 980. The molecule has 0 saturated carbocycles. The third-order valence-corrected chi connectivity index (χ3v) is 4.47. The number of benzene rings is 2. The highest BCUT2D eigenvalue weighted by molar-refractivity contribution is 5.93. The Morgan fingerprint density at radius 2 is 1.93 bits per heavy atom. The average molecular weight is 409 g/mol. The van der Waals surface area contributed by atoms with Crippen LogP contribution in [-0.4, -0.2) is 38.3 Å². The van der Waals surface area contributed by atoms with Gasteiger partial charge in [0.05, 0.1) is 19.4 Å². The van der Waals surface area contributed by atoms with Crippen LogP contribution in [0.1, 0.15) is 18.2 Å². The highest BCUT2D eigenvalue weighted by atomic mass is 16.5. The first-order chi connectivity index (χ1) is 14.6. The van der Waals surface area contributed by atoms with Crippen LogP contribution in [0.4, 0.5) is 5.69 Å². The number of anilines is 1. The van der Waals surface area contributed by atoms with Crippen LogP contribution < -0.4 is 20.1 Å². The molecule has 0 saturated heterocycles. The van der Waals surface area contributed by atoms with Gasteiger partial charge in [-0.1, -0.05) is 17.7 Å². The molecule has 30 heavy (non-hydrogen) atoms. The van der Waals surface area contributed by atoms with Gasteiger partial charge in [-0.15, -0.1) is 0 Å². The Morgan fingerprint density at radius 3 is 2.63 bits per heavy atom. The fourth-order valence-corrected chi connectivity index (χ4v) is 2.90. The summed E-state index contributed by atoms with van der Waals surface area (Å²) in [7, 11) is 3.35. The SMILES string of the molecule is CCOc1cc(NC(=NC)NCCc2coc(-c3ccc(C)cc3)n2)ccc1OC.